The first kappa shape index (κ1) is 18.5. The molecule has 0 aromatic heterocycles. The van der Waals surface area contributed by atoms with E-state index < -0.39 is 10.0 Å². The normalized spacial score (nSPS) is 15.5. The first-order valence-electron chi connectivity index (χ1n) is 9.37. The monoisotopic (exact) mass is 394 g/mol. The number of hydrogen-bond acceptors (Lipinski definition) is 3. The highest BCUT2D eigenvalue weighted by atomic mass is 32.2. The number of nitrogens with zero attached hydrogens (tertiary/aromatic N) is 1. The van der Waals surface area contributed by atoms with Gasteiger partial charge in [0.15, 0.2) is 0 Å². The van der Waals surface area contributed by atoms with Gasteiger partial charge >= 0.3 is 0 Å². The first-order chi connectivity index (χ1) is 13.5. The van der Waals surface area contributed by atoms with Crippen LogP contribution in [0.25, 0.3) is 10.8 Å². The molecule has 28 heavy (non-hydrogen) atoms. The van der Waals surface area contributed by atoms with Gasteiger partial charge in [-0.2, -0.15) is 0 Å². The third-order valence-electron chi connectivity index (χ3n) is 5.12. The van der Waals surface area contributed by atoms with Crippen LogP contribution in [0.4, 0.5) is 5.69 Å². The van der Waals surface area contributed by atoms with Crippen molar-refractivity contribution >= 4 is 32.4 Å². The second-order valence-electron chi connectivity index (χ2n) is 7.01. The minimum atomic E-state index is -3.56. The van der Waals surface area contributed by atoms with Gasteiger partial charge in [0.25, 0.3) is 10.0 Å². The van der Waals surface area contributed by atoms with Crippen LogP contribution < -0.4 is 9.62 Å². The molecule has 1 atom stereocenters. The molecule has 0 bridgehead atoms. The number of rotatable bonds is 6. The first-order valence-corrected chi connectivity index (χ1v) is 10.8. The zero-order valence-electron chi connectivity index (χ0n) is 15.6. The van der Waals surface area contributed by atoms with Crippen LogP contribution in [0.5, 0.6) is 0 Å². The van der Waals surface area contributed by atoms with Crippen molar-refractivity contribution in [2.75, 3.05) is 10.8 Å². The minimum absolute atomic E-state index is 0.0799. The van der Waals surface area contributed by atoms with Crippen LogP contribution in [-0.2, 0) is 14.8 Å². The van der Waals surface area contributed by atoms with Gasteiger partial charge in [0, 0.05) is 18.4 Å². The summed E-state index contributed by atoms with van der Waals surface area (Å²) < 4.78 is 27.3. The summed E-state index contributed by atoms with van der Waals surface area (Å²) >= 11 is 0. The summed E-state index contributed by atoms with van der Waals surface area (Å²) in [5.74, 6) is -0.0799. The Morgan fingerprint density at radius 3 is 2.46 bits per heavy atom. The fourth-order valence-electron chi connectivity index (χ4n) is 3.72. The molecule has 0 aliphatic carbocycles. The fourth-order valence-corrected chi connectivity index (χ4v) is 5.47. The average molecular weight is 394 g/mol. The van der Waals surface area contributed by atoms with E-state index in [0.717, 1.165) is 16.3 Å². The van der Waals surface area contributed by atoms with Crippen LogP contribution in [0, 0.1) is 0 Å². The van der Waals surface area contributed by atoms with E-state index in [1.54, 1.807) is 12.1 Å². The van der Waals surface area contributed by atoms with Crippen LogP contribution in [-0.4, -0.2) is 20.9 Å². The van der Waals surface area contributed by atoms with Gasteiger partial charge < -0.3 is 5.32 Å². The highest BCUT2D eigenvalue weighted by molar-refractivity contribution is 7.93. The van der Waals surface area contributed by atoms with E-state index in [1.807, 2.05) is 61.5 Å². The van der Waals surface area contributed by atoms with Crippen LogP contribution in [0.15, 0.2) is 71.6 Å². The van der Waals surface area contributed by atoms with E-state index in [2.05, 4.69) is 5.32 Å². The second kappa shape index (κ2) is 7.28. The number of hydrogen-bond donors (Lipinski definition) is 1. The molecule has 1 N–H and O–H groups in total. The summed E-state index contributed by atoms with van der Waals surface area (Å²) in [5.41, 5.74) is 1.74. The van der Waals surface area contributed by atoms with Gasteiger partial charge in [-0.1, -0.05) is 54.6 Å². The lowest BCUT2D eigenvalue weighted by Crippen LogP contribution is -2.30. The number of carbonyl (C=O) groups is 1. The molecule has 3 aromatic rings. The summed E-state index contributed by atoms with van der Waals surface area (Å²) in [5, 5.41) is 4.66. The van der Waals surface area contributed by atoms with Crippen molar-refractivity contribution in [1.29, 1.82) is 0 Å². The maximum Gasteiger partial charge on any atom is 0.265 e. The number of amides is 1. The minimum Gasteiger partial charge on any atom is -0.350 e. The lowest BCUT2D eigenvalue weighted by atomic mass is 10.1. The molecular weight excluding hydrogens is 372 g/mol. The molecular formula is C22H22N2O3S. The maximum atomic E-state index is 12.9. The van der Waals surface area contributed by atoms with Crippen LogP contribution >= 0.6 is 0 Å². The standard InChI is InChI=1S/C22H22N2O3S/c1-16(17-8-3-2-4-9-17)23-21(25)14-7-15-24-19-12-5-10-18-11-6-13-20(22(18)19)28(24,26)27/h2-6,8-13,16H,7,14-15H2,1H3,(H,23,25)/t16-/m0/s1. The molecule has 0 saturated carbocycles. The smallest absolute Gasteiger partial charge is 0.265 e. The van der Waals surface area contributed by atoms with Gasteiger partial charge in [0.1, 0.15) is 0 Å². The Morgan fingerprint density at radius 1 is 1.00 bits per heavy atom. The molecule has 5 nitrogen and oxygen atoms in total. The second-order valence-corrected chi connectivity index (χ2v) is 8.84. The van der Waals surface area contributed by atoms with Crippen molar-refractivity contribution in [1.82, 2.24) is 5.32 Å². The lowest BCUT2D eigenvalue weighted by molar-refractivity contribution is -0.121. The predicted octanol–water partition coefficient (Wildman–Crippen LogP) is 4.01. The van der Waals surface area contributed by atoms with E-state index in [-0.39, 0.29) is 24.9 Å². The van der Waals surface area contributed by atoms with E-state index >= 15 is 0 Å². The molecule has 0 saturated heterocycles. The van der Waals surface area contributed by atoms with Gasteiger partial charge in [0.05, 0.1) is 16.6 Å². The largest absolute Gasteiger partial charge is 0.350 e. The molecule has 0 unspecified atom stereocenters. The predicted molar refractivity (Wildman–Crippen MR) is 111 cm³/mol. The number of nitrogens with one attached hydrogen (secondary N) is 1. The van der Waals surface area contributed by atoms with Crippen molar-refractivity contribution < 1.29 is 13.2 Å². The maximum absolute atomic E-state index is 12.9. The molecule has 1 aliphatic heterocycles. The molecule has 6 heteroatoms. The zero-order valence-corrected chi connectivity index (χ0v) is 16.4. The number of sulfonamides is 1. The topological polar surface area (TPSA) is 66.5 Å². The van der Waals surface area contributed by atoms with Crippen molar-refractivity contribution in [2.45, 2.75) is 30.7 Å². The highest BCUT2D eigenvalue weighted by Gasteiger charge is 2.35. The van der Waals surface area contributed by atoms with E-state index in [9.17, 15) is 13.2 Å². The summed E-state index contributed by atoms with van der Waals surface area (Å²) in [6, 6.07) is 20.6. The van der Waals surface area contributed by atoms with Crippen molar-refractivity contribution in [3.8, 4) is 0 Å². The van der Waals surface area contributed by atoms with Gasteiger partial charge in [-0.05, 0) is 36.4 Å². The molecule has 3 aromatic carbocycles. The Hall–Kier alpha value is -2.86. The third-order valence-corrected chi connectivity index (χ3v) is 6.98. The quantitative estimate of drug-likeness (QED) is 0.687. The van der Waals surface area contributed by atoms with Crippen molar-refractivity contribution in [3.63, 3.8) is 0 Å². The Balaban J connectivity index is 1.42. The Labute approximate surface area is 165 Å². The van der Waals surface area contributed by atoms with Gasteiger partial charge in [-0.25, -0.2) is 8.42 Å². The molecule has 144 valence electrons. The molecule has 1 aliphatic rings. The highest BCUT2D eigenvalue weighted by Crippen LogP contribution is 2.41. The van der Waals surface area contributed by atoms with E-state index in [4.69, 9.17) is 0 Å². The number of benzene rings is 3. The molecule has 0 spiro atoms. The fraction of sp³-hybridized carbons (Fsp3) is 0.227. The summed E-state index contributed by atoms with van der Waals surface area (Å²) in [7, 11) is -3.56. The summed E-state index contributed by atoms with van der Waals surface area (Å²) in [4.78, 5) is 12.6. The molecule has 4 rings (SSSR count). The number of anilines is 1. The van der Waals surface area contributed by atoms with Crippen molar-refractivity contribution in [2.24, 2.45) is 0 Å². The Kier molecular flexibility index (Phi) is 4.81. The molecule has 0 fully saturated rings. The Morgan fingerprint density at radius 2 is 1.71 bits per heavy atom. The van der Waals surface area contributed by atoms with Crippen LogP contribution in [0.1, 0.15) is 31.4 Å². The van der Waals surface area contributed by atoms with Gasteiger partial charge in [-0.15, -0.1) is 0 Å². The zero-order chi connectivity index (χ0) is 19.7. The third kappa shape index (κ3) is 3.24. The van der Waals surface area contributed by atoms with Gasteiger partial charge in [0.2, 0.25) is 5.91 Å². The van der Waals surface area contributed by atoms with Crippen molar-refractivity contribution in [3.05, 3.63) is 72.3 Å². The molecule has 1 heterocycles. The Bertz CT molecular complexity index is 1120. The SMILES string of the molecule is C[C@H](NC(=O)CCCN1c2cccc3cccc(c23)S1(=O)=O)c1ccccc1. The summed E-state index contributed by atoms with van der Waals surface area (Å²) in [6.45, 7) is 2.22. The van der Waals surface area contributed by atoms with Gasteiger partial charge in [-0.3, -0.25) is 9.10 Å². The molecule has 1 amide bonds. The number of carbonyl (C=O) groups excluding carboxylic acids is 1. The van der Waals surface area contributed by atoms with E-state index in [1.165, 1.54) is 4.31 Å². The summed E-state index contributed by atoms with van der Waals surface area (Å²) in [6.07, 6.45) is 0.729. The van der Waals surface area contributed by atoms with Crippen LogP contribution in [0.2, 0.25) is 0 Å². The average Bonchev–Trinajstić information content (AvgIpc) is 2.92. The van der Waals surface area contributed by atoms with Crippen LogP contribution in [0.3, 0.4) is 0 Å². The lowest BCUT2D eigenvalue weighted by Gasteiger charge is -2.19. The van der Waals surface area contributed by atoms with E-state index in [0.29, 0.717) is 17.0 Å². The molecule has 0 radical (unpaired) electrons.